The van der Waals surface area contributed by atoms with E-state index in [1.807, 2.05) is 36.9 Å². The average molecular weight is 461 g/mol. The van der Waals surface area contributed by atoms with E-state index in [1.54, 1.807) is 0 Å². The molecule has 1 saturated heterocycles. The van der Waals surface area contributed by atoms with Gasteiger partial charge in [0.1, 0.15) is 0 Å². The number of carbonyl (C=O) groups is 2. The van der Waals surface area contributed by atoms with Crippen LogP contribution in [0.2, 0.25) is 0 Å². The number of benzene rings is 1. The van der Waals surface area contributed by atoms with E-state index in [0.29, 0.717) is 44.5 Å². The summed E-state index contributed by atoms with van der Waals surface area (Å²) in [4.78, 5) is 29.0. The zero-order valence-corrected chi connectivity index (χ0v) is 19.5. The molecule has 2 fully saturated rings. The first-order chi connectivity index (χ1) is 15.0. The number of para-hydroxylation sites is 1. The van der Waals surface area contributed by atoms with Crippen LogP contribution >= 0.6 is 23.1 Å². The van der Waals surface area contributed by atoms with E-state index in [-0.39, 0.29) is 11.8 Å². The summed E-state index contributed by atoms with van der Waals surface area (Å²) in [5, 5.41) is 15.5. The highest BCUT2D eigenvalue weighted by atomic mass is 32.2. The number of rotatable bonds is 8. The van der Waals surface area contributed by atoms with E-state index in [1.165, 1.54) is 35.9 Å². The minimum Gasteiger partial charge on any atom is -0.357 e. The highest BCUT2D eigenvalue weighted by Crippen LogP contribution is 2.30. The van der Waals surface area contributed by atoms with Gasteiger partial charge in [0.2, 0.25) is 16.9 Å². The second-order valence-electron chi connectivity index (χ2n) is 8.05. The van der Waals surface area contributed by atoms with Gasteiger partial charge in [0.25, 0.3) is 0 Å². The lowest BCUT2D eigenvalue weighted by molar-refractivity contribution is -0.130. The van der Waals surface area contributed by atoms with Crippen LogP contribution in [0.5, 0.6) is 0 Å². The molecule has 8 nitrogen and oxygen atoms in total. The second-order valence-corrected chi connectivity index (χ2v) is 10.3. The molecule has 1 aliphatic heterocycles. The molecular formula is C21H28N6O2S2. The number of nitrogens with one attached hydrogen (secondary N) is 2. The van der Waals surface area contributed by atoms with Crippen LogP contribution in [0.4, 0.5) is 10.8 Å². The van der Waals surface area contributed by atoms with Crippen LogP contribution in [0.15, 0.2) is 22.5 Å². The molecule has 0 radical (unpaired) electrons. The summed E-state index contributed by atoms with van der Waals surface area (Å²) < 4.78 is 0.818. The van der Waals surface area contributed by atoms with Crippen molar-refractivity contribution in [3.63, 3.8) is 0 Å². The van der Waals surface area contributed by atoms with Crippen LogP contribution < -0.4 is 10.6 Å². The van der Waals surface area contributed by atoms with Crippen molar-refractivity contribution in [1.82, 2.24) is 20.0 Å². The summed E-state index contributed by atoms with van der Waals surface area (Å²) in [7, 11) is 0. The van der Waals surface area contributed by atoms with Crippen LogP contribution in [0.25, 0.3) is 0 Å². The second kappa shape index (κ2) is 9.97. The standard InChI is InChI=1S/C21H28N6O2S2/c1-14-4-3-5-15(2)19(14)23-17(28)12-26-8-10-27(11-9-26)18(29)13-30-21-25-24-20(31-21)22-16-6-7-16/h3-5,16H,6-13H2,1-2H3,(H,22,24)(H,23,28). The molecular weight excluding hydrogens is 432 g/mol. The molecule has 1 aromatic heterocycles. The molecule has 1 saturated carbocycles. The summed E-state index contributed by atoms with van der Waals surface area (Å²) in [5.41, 5.74) is 3.02. The fraction of sp³-hybridized carbons (Fsp3) is 0.524. The molecule has 1 aliphatic carbocycles. The van der Waals surface area contributed by atoms with Crippen molar-refractivity contribution in [1.29, 1.82) is 0 Å². The van der Waals surface area contributed by atoms with Crippen molar-refractivity contribution in [2.45, 2.75) is 37.1 Å². The number of hydrogen-bond acceptors (Lipinski definition) is 8. The Morgan fingerprint density at radius 1 is 1.13 bits per heavy atom. The number of nitrogens with zero attached hydrogens (tertiary/aromatic N) is 4. The number of aryl methyl sites for hydroxylation is 2. The fourth-order valence-electron chi connectivity index (χ4n) is 3.49. The van der Waals surface area contributed by atoms with Gasteiger partial charge < -0.3 is 15.5 Å². The molecule has 0 bridgehead atoms. The maximum absolute atomic E-state index is 12.6. The lowest BCUT2D eigenvalue weighted by atomic mass is 10.1. The smallest absolute Gasteiger partial charge is 0.238 e. The quantitative estimate of drug-likeness (QED) is 0.585. The Balaban J connectivity index is 1.18. The number of anilines is 2. The first-order valence-corrected chi connectivity index (χ1v) is 12.4. The molecule has 2 aromatic rings. The van der Waals surface area contributed by atoms with Crippen molar-refractivity contribution in [3.05, 3.63) is 29.3 Å². The molecule has 2 heterocycles. The largest absolute Gasteiger partial charge is 0.357 e. The van der Waals surface area contributed by atoms with E-state index < -0.39 is 0 Å². The third-order valence-electron chi connectivity index (χ3n) is 5.47. The minimum atomic E-state index is -0.0142. The van der Waals surface area contributed by atoms with Crippen molar-refractivity contribution >= 4 is 45.7 Å². The predicted octanol–water partition coefficient (Wildman–Crippen LogP) is 2.60. The maximum Gasteiger partial charge on any atom is 0.238 e. The molecule has 2 N–H and O–H groups in total. The normalized spacial score (nSPS) is 16.9. The molecule has 2 amide bonds. The SMILES string of the molecule is Cc1cccc(C)c1NC(=O)CN1CCN(C(=O)CSc2nnc(NC3CC3)s2)CC1. The molecule has 0 unspecified atom stereocenters. The maximum atomic E-state index is 12.6. The van der Waals surface area contributed by atoms with Crippen LogP contribution in [-0.4, -0.2) is 76.3 Å². The number of thioether (sulfide) groups is 1. The zero-order valence-electron chi connectivity index (χ0n) is 17.9. The van der Waals surface area contributed by atoms with Crippen LogP contribution in [-0.2, 0) is 9.59 Å². The van der Waals surface area contributed by atoms with Gasteiger partial charge in [-0.3, -0.25) is 14.5 Å². The molecule has 2 aliphatic rings. The average Bonchev–Trinajstić information content (AvgIpc) is 3.45. The third-order valence-corrected chi connectivity index (χ3v) is 7.44. The molecule has 0 spiro atoms. The van der Waals surface area contributed by atoms with Gasteiger partial charge in [-0.1, -0.05) is 41.3 Å². The Labute approximate surface area is 190 Å². The van der Waals surface area contributed by atoms with E-state index >= 15 is 0 Å². The number of aromatic nitrogens is 2. The summed E-state index contributed by atoms with van der Waals surface area (Å²) in [6, 6.07) is 6.53. The van der Waals surface area contributed by atoms with Gasteiger partial charge in [-0.05, 0) is 37.8 Å². The van der Waals surface area contributed by atoms with Crippen molar-refractivity contribution in [2.75, 3.05) is 49.1 Å². The van der Waals surface area contributed by atoms with Gasteiger partial charge in [0.05, 0.1) is 12.3 Å². The van der Waals surface area contributed by atoms with Gasteiger partial charge >= 0.3 is 0 Å². The monoisotopic (exact) mass is 460 g/mol. The van der Waals surface area contributed by atoms with E-state index in [0.717, 1.165) is 26.3 Å². The summed E-state index contributed by atoms with van der Waals surface area (Å²) in [6.07, 6.45) is 2.39. The molecule has 31 heavy (non-hydrogen) atoms. The fourth-order valence-corrected chi connectivity index (χ4v) is 5.22. The Morgan fingerprint density at radius 2 is 1.84 bits per heavy atom. The van der Waals surface area contributed by atoms with Crippen molar-refractivity contribution < 1.29 is 9.59 Å². The Kier molecular flexibility index (Phi) is 7.09. The lowest BCUT2D eigenvalue weighted by Crippen LogP contribution is -2.50. The Bertz CT molecular complexity index is 917. The van der Waals surface area contributed by atoms with Crippen LogP contribution in [0.1, 0.15) is 24.0 Å². The molecule has 0 atom stereocenters. The zero-order chi connectivity index (χ0) is 21.8. The summed E-state index contributed by atoms with van der Waals surface area (Å²) in [5.74, 6) is 0.460. The number of hydrogen-bond donors (Lipinski definition) is 2. The van der Waals surface area contributed by atoms with Gasteiger partial charge in [-0.2, -0.15) is 0 Å². The first kappa shape index (κ1) is 22.0. The van der Waals surface area contributed by atoms with E-state index in [9.17, 15) is 9.59 Å². The minimum absolute atomic E-state index is 0.0142. The van der Waals surface area contributed by atoms with Crippen LogP contribution in [0, 0.1) is 13.8 Å². The Morgan fingerprint density at radius 3 is 2.52 bits per heavy atom. The van der Waals surface area contributed by atoms with E-state index in [4.69, 9.17) is 0 Å². The molecule has 10 heteroatoms. The lowest BCUT2D eigenvalue weighted by Gasteiger charge is -2.34. The number of carbonyl (C=O) groups excluding carboxylic acids is 2. The van der Waals surface area contributed by atoms with Crippen LogP contribution in [0.3, 0.4) is 0 Å². The summed E-state index contributed by atoms with van der Waals surface area (Å²) >= 11 is 2.95. The number of amides is 2. The highest BCUT2D eigenvalue weighted by molar-refractivity contribution is 8.01. The summed E-state index contributed by atoms with van der Waals surface area (Å²) in [6.45, 7) is 7.01. The van der Waals surface area contributed by atoms with Crippen molar-refractivity contribution in [3.8, 4) is 0 Å². The highest BCUT2D eigenvalue weighted by Gasteiger charge is 2.24. The topological polar surface area (TPSA) is 90.5 Å². The third kappa shape index (κ3) is 6.18. The predicted molar refractivity (Wildman–Crippen MR) is 125 cm³/mol. The molecule has 1 aromatic carbocycles. The van der Waals surface area contributed by atoms with Gasteiger partial charge in [0.15, 0.2) is 4.34 Å². The van der Waals surface area contributed by atoms with Gasteiger partial charge in [0, 0.05) is 37.9 Å². The van der Waals surface area contributed by atoms with Gasteiger partial charge in [-0.15, -0.1) is 10.2 Å². The van der Waals surface area contributed by atoms with Crippen molar-refractivity contribution in [2.24, 2.45) is 0 Å². The molecule has 4 rings (SSSR count). The first-order valence-electron chi connectivity index (χ1n) is 10.6. The number of piperazine rings is 1. The molecule has 166 valence electrons. The van der Waals surface area contributed by atoms with Gasteiger partial charge in [-0.25, -0.2) is 0 Å². The van der Waals surface area contributed by atoms with E-state index in [2.05, 4.69) is 25.7 Å². The Hall–Kier alpha value is -2.17.